The van der Waals surface area contributed by atoms with Crippen molar-refractivity contribution in [2.75, 3.05) is 23.9 Å². The van der Waals surface area contributed by atoms with Crippen LogP contribution in [0.3, 0.4) is 0 Å². The van der Waals surface area contributed by atoms with E-state index in [4.69, 9.17) is 9.97 Å². The van der Waals surface area contributed by atoms with Gasteiger partial charge in [0, 0.05) is 64.2 Å². The Bertz CT molecular complexity index is 2110. The second kappa shape index (κ2) is 11.7. The van der Waals surface area contributed by atoms with Crippen molar-refractivity contribution in [3.05, 3.63) is 125 Å². The summed E-state index contributed by atoms with van der Waals surface area (Å²) < 4.78 is 0. The molecule has 5 nitrogen and oxygen atoms in total. The number of nitrogens with zero attached hydrogens (tertiary/aromatic N) is 4. The van der Waals surface area contributed by atoms with Gasteiger partial charge in [-0.1, -0.05) is 67.4 Å². The Morgan fingerprint density at radius 1 is 0.826 bits per heavy atom. The summed E-state index contributed by atoms with van der Waals surface area (Å²) in [5.74, 6) is 1.00. The summed E-state index contributed by atoms with van der Waals surface area (Å²) >= 11 is 0. The molecule has 0 atom stereocenters. The van der Waals surface area contributed by atoms with Gasteiger partial charge >= 0.3 is 0 Å². The Kier molecular flexibility index (Phi) is 8.02. The van der Waals surface area contributed by atoms with Crippen LogP contribution in [0.15, 0.2) is 91.1 Å². The fraction of sp³-hybridized carbons (Fsp3) is 0.200. The molecule has 0 fully saturated rings. The van der Waals surface area contributed by atoms with Crippen LogP contribution in [0.2, 0.25) is 0 Å². The summed E-state index contributed by atoms with van der Waals surface area (Å²) in [7, 11) is 3.92. The van der Waals surface area contributed by atoms with Gasteiger partial charge in [0.2, 0.25) is 0 Å². The first-order valence-corrected chi connectivity index (χ1v) is 15.3. The third-order valence-electron chi connectivity index (χ3n) is 9.13. The fourth-order valence-corrected chi connectivity index (χ4v) is 6.95. The van der Waals surface area contributed by atoms with Crippen molar-refractivity contribution < 1.29 is 26.2 Å². The maximum absolute atomic E-state index is 10.9. The molecule has 7 rings (SSSR count). The van der Waals surface area contributed by atoms with E-state index in [1.54, 1.807) is 6.07 Å². The normalized spacial score (nSPS) is 13.2. The molecule has 1 aliphatic heterocycles. The van der Waals surface area contributed by atoms with Crippen LogP contribution in [0.5, 0.6) is 5.75 Å². The number of phenols is 1. The van der Waals surface area contributed by atoms with Gasteiger partial charge in [-0.25, -0.2) is 4.98 Å². The number of aromatic hydroxyl groups is 1. The molecular formula is C40H37N4OPt-. The number of aromatic nitrogens is 2. The molecule has 0 radical (unpaired) electrons. The SMILES string of the molecule is Cc1cc(C)c(-c2ccnc(N3c4[c-]c(-c5ccc6cc(N(C)C)cc(O)c6n5)ccc4C(C)(C)c4ccccc43)c2)c(C)c1.[Pt]. The molecule has 0 aliphatic carbocycles. The zero-order chi connectivity index (χ0) is 31.6. The van der Waals surface area contributed by atoms with Crippen molar-refractivity contribution in [1.82, 2.24) is 9.97 Å². The molecule has 234 valence electrons. The third-order valence-corrected chi connectivity index (χ3v) is 9.13. The third kappa shape index (κ3) is 5.17. The summed E-state index contributed by atoms with van der Waals surface area (Å²) in [6.07, 6.45) is 1.91. The van der Waals surface area contributed by atoms with Gasteiger partial charge in [-0.15, -0.1) is 23.8 Å². The number of hydrogen-bond acceptors (Lipinski definition) is 5. The largest absolute Gasteiger partial charge is 0.506 e. The summed E-state index contributed by atoms with van der Waals surface area (Å²) in [5, 5.41) is 11.8. The van der Waals surface area contributed by atoms with E-state index >= 15 is 0 Å². The number of benzene rings is 4. The number of fused-ring (bicyclic) bond motifs is 3. The van der Waals surface area contributed by atoms with Gasteiger partial charge in [0.25, 0.3) is 0 Å². The molecule has 0 spiro atoms. The molecule has 6 aromatic rings. The second-order valence-corrected chi connectivity index (χ2v) is 12.9. The molecule has 0 saturated heterocycles. The first kappa shape index (κ1) is 31.5. The van der Waals surface area contributed by atoms with E-state index in [9.17, 15) is 5.11 Å². The molecule has 2 aromatic heterocycles. The van der Waals surface area contributed by atoms with Crippen LogP contribution in [-0.2, 0) is 26.5 Å². The quantitative estimate of drug-likeness (QED) is 0.181. The summed E-state index contributed by atoms with van der Waals surface area (Å²) in [6.45, 7) is 11.0. The number of anilines is 4. The van der Waals surface area contributed by atoms with Crippen LogP contribution in [0, 0.1) is 26.8 Å². The molecular weight excluding hydrogens is 748 g/mol. The van der Waals surface area contributed by atoms with Gasteiger partial charge in [-0.3, -0.25) is 4.98 Å². The van der Waals surface area contributed by atoms with Crippen molar-refractivity contribution in [2.24, 2.45) is 0 Å². The van der Waals surface area contributed by atoms with Crippen LogP contribution in [-0.4, -0.2) is 29.2 Å². The van der Waals surface area contributed by atoms with Crippen LogP contribution in [0.4, 0.5) is 22.9 Å². The van der Waals surface area contributed by atoms with Crippen molar-refractivity contribution in [2.45, 2.75) is 40.0 Å². The van der Waals surface area contributed by atoms with Gasteiger partial charge in [0.1, 0.15) is 17.1 Å². The maximum Gasteiger partial charge on any atom is 0.142 e. The summed E-state index contributed by atoms with van der Waals surface area (Å²) in [6, 6.07) is 33.2. The minimum atomic E-state index is -0.253. The van der Waals surface area contributed by atoms with Crippen molar-refractivity contribution in [3.63, 3.8) is 0 Å². The van der Waals surface area contributed by atoms with Gasteiger partial charge < -0.3 is 14.9 Å². The molecule has 4 aromatic carbocycles. The number of aryl methyl sites for hydroxylation is 3. The van der Waals surface area contributed by atoms with E-state index < -0.39 is 0 Å². The van der Waals surface area contributed by atoms with Crippen molar-refractivity contribution >= 4 is 33.8 Å². The zero-order valence-corrected chi connectivity index (χ0v) is 29.5. The maximum atomic E-state index is 10.9. The smallest absolute Gasteiger partial charge is 0.142 e. The average molecular weight is 785 g/mol. The predicted octanol–water partition coefficient (Wildman–Crippen LogP) is 9.57. The average Bonchev–Trinajstić information content (AvgIpc) is 3.00. The van der Waals surface area contributed by atoms with Gasteiger partial charge in [0.05, 0.1) is 0 Å². The Morgan fingerprint density at radius 2 is 1.57 bits per heavy atom. The molecule has 46 heavy (non-hydrogen) atoms. The Morgan fingerprint density at radius 3 is 2.30 bits per heavy atom. The zero-order valence-electron chi connectivity index (χ0n) is 27.2. The topological polar surface area (TPSA) is 52.5 Å². The van der Waals surface area contributed by atoms with Gasteiger partial charge in [-0.05, 0) is 89.7 Å². The van der Waals surface area contributed by atoms with Crippen LogP contribution in [0.25, 0.3) is 33.3 Å². The standard InChI is InChI=1S/C40H37N4O.Pt/c1-24-18-25(2)38(26(3)19-24)28-16-17-41-37(22-28)44-34-11-9-8-10-31(34)40(4,5)32-14-12-27(21-35(32)44)33-15-13-29-20-30(43(6)7)23-36(45)39(29)42-33;/h8-20,22-23,45H,1-7H3;/q-1;. The molecule has 0 amide bonds. The van der Waals surface area contributed by atoms with E-state index in [1.165, 1.54) is 33.4 Å². The monoisotopic (exact) mass is 784 g/mol. The molecule has 1 N–H and O–H groups in total. The number of hydrogen-bond donors (Lipinski definition) is 1. The predicted molar refractivity (Wildman–Crippen MR) is 186 cm³/mol. The Labute approximate surface area is 285 Å². The molecule has 0 saturated carbocycles. The molecule has 0 unspecified atom stereocenters. The number of pyridine rings is 2. The van der Waals surface area contributed by atoms with Crippen molar-refractivity contribution in [1.29, 1.82) is 0 Å². The van der Waals surface area contributed by atoms with E-state index in [0.717, 1.165) is 45.1 Å². The van der Waals surface area contributed by atoms with Gasteiger partial charge in [0.15, 0.2) is 0 Å². The Hall–Kier alpha value is -4.47. The van der Waals surface area contributed by atoms with Crippen LogP contribution in [0.1, 0.15) is 41.7 Å². The van der Waals surface area contributed by atoms with Gasteiger partial charge in [-0.2, -0.15) is 0 Å². The minimum absolute atomic E-state index is 0. The minimum Gasteiger partial charge on any atom is -0.506 e. The van der Waals surface area contributed by atoms with Crippen LogP contribution >= 0.6 is 0 Å². The number of phenolic OH excluding ortho intramolecular Hbond substituents is 1. The first-order valence-electron chi connectivity index (χ1n) is 15.3. The fourth-order valence-electron chi connectivity index (χ4n) is 6.95. The van der Waals surface area contributed by atoms with E-state index in [1.807, 2.05) is 43.4 Å². The molecule has 1 aliphatic rings. The van der Waals surface area contributed by atoms with E-state index in [2.05, 4.69) is 106 Å². The number of para-hydroxylation sites is 1. The summed E-state index contributed by atoms with van der Waals surface area (Å²) in [5.41, 5.74) is 13.4. The van der Waals surface area contributed by atoms with E-state index in [-0.39, 0.29) is 32.2 Å². The molecule has 6 heteroatoms. The first-order chi connectivity index (χ1) is 21.5. The second-order valence-electron chi connectivity index (χ2n) is 12.9. The number of rotatable bonds is 4. The Balaban J connectivity index is 0.00000372. The molecule has 3 heterocycles. The summed E-state index contributed by atoms with van der Waals surface area (Å²) in [4.78, 5) is 14.1. The molecule has 0 bridgehead atoms. The van der Waals surface area contributed by atoms with E-state index in [0.29, 0.717) is 5.52 Å². The van der Waals surface area contributed by atoms with Crippen molar-refractivity contribution in [3.8, 4) is 28.1 Å². The van der Waals surface area contributed by atoms with Crippen LogP contribution < -0.4 is 9.80 Å².